The van der Waals surface area contributed by atoms with E-state index in [0.29, 0.717) is 17.1 Å². The third-order valence-corrected chi connectivity index (χ3v) is 4.94. The summed E-state index contributed by atoms with van der Waals surface area (Å²) in [6, 6.07) is 23.3. The number of hydrogen-bond donors (Lipinski definition) is 3. The lowest BCUT2D eigenvalue weighted by molar-refractivity contribution is 0.520. The molecule has 0 bridgehead atoms. The van der Waals surface area contributed by atoms with Gasteiger partial charge in [-0.05, 0) is 18.2 Å². The first-order chi connectivity index (χ1) is 13.2. The number of rotatable bonds is 4. The van der Waals surface area contributed by atoms with Crippen LogP contribution in [0.3, 0.4) is 0 Å². The van der Waals surface area contributed by atoms with Crippen LogP contribution in [0, 0.1) is 0 Å². The van der Waals surface area contributed by atoms with Crippen molar-refractivity contribution in [2.24, 2.45) is 0 Å². The fourth-order valence-electron chi connectivity index (χ4n) is 3.79. The highest BCUT2D eigenvalue weighted by Crippen LogP contribution is 2.46. The van der Waals surface area contributed by atoms with Crippen molar-refractivity contribution in [3.63, 3.8) is 0 Å². The normalized spacial score (nSPS) is 11.4. The smallest absolute Gasteiger partial charge is 0.127 e. The molecule has 0 saturated heterocycles. The van der Waals surface area contributed by atoms with Gasteiger partial charge in [-0.25, -0.2) is 4.98 Å². The second-order valence-electron chi connectivity index (χ2n) is 6.44. The van der Waals surface area contributed by atoms with Gasteiger partial charge >= 0.3 is 0 Å². The van der Waals surface area contributed by atoms with E-state index in [1.54, 1.807) is 12.5 Å². The second-order valence-corrected chi connectivity index (χ2v) is 6.44. The van der Waals surface area contributed by atoms with E-state index in [1.807, 2.05) is 83.6 Å². The predicted octanol–water partition coefficient (Wildman–Crippen LogP) is 3.47. The Kier molecular flexibility index (Phi) is 4.05. The fourth-order valence-corrected chi connectivity index (χ4v) is 3.79. The SMILES string of the molecule is Nc1ccccc1C(c1ccccc1N)(c1ccccc1N)n1ccnc1. The number of nitrogen functional groups attached to an aromatic ring is 3. The Labute approximate surface area is 158 Å². The van der Waals surface area contributed by atoms with E-state index in [0.717, 1.165) is 16.7 Å². The summed E-state index contributed by atoms with van der Waals surface area (Å²) in [6.45, 7) is 0. The molecule has 5 heteroatoms. The van der Waals surface area contributed by atoms with Gasteiger partial charge in [0.2, 0.25) is 0 Å². The minimum atomic E-state index is -0.849. The molecule has 4 rings (SSSR count). The molecule has 6 N–H and O–H groups in total. The van der Waals surface area contributed by atoms with Gasteiger partial charge in [0.1, 0.15) is 5.54 Å². The van der Waals surface area contributed by atoms with Crippen molar-refractivity contribution in [2.75, 3.05) is 17.2 Å². The molecule has 3 aromatic carbocycles. The van der Waals surface area contributed by atoms with Gasteiger partial charge in [-0.2, -0.15) is 0 Å². The summed E-state index contributed by atoms with van der Waals surface area (Å²) in [5, 5.41) is 0. The molecular formula is C22H21N5. The maximum Gasteiger partial charge on any atom is 0.127 e. The lowest BCUT2D eigenvalue weighted by Crippen LogP contribution is -2.39. The van der Waals surface area contributed by atoms with Crippen LogP contribution in [0.2, 0.25) is 0 Å². The molecule has 0 aliphatic rings. The van der Waals surface area contributed by atoms with E-state index >= 15 is 0 Å². The van der Waals surface area contributed by atoms with Crippen LogP contribution in [0.1, 0.15) is 16.7 Å². The maximum atomic E-state index is 6.47. The van der Waals surface area contributed by atoms with Gasteiger partial charge in [0.25, 0.3) is 0 Å². The molecule has 0 spiro atoms. The van der Waals surface area contributed by atoms with Crippen molar-refractivity contribution in [2.45, 2.75) is 5.54 Å². The first kappa shape index (κ1) is 16.7. The van der Waals surface area contributed by atoms with Crippen LogP contribution in [0.5, 0.6) is 0 Å². The van der Waals surface area contributed by atoms with Gasteiger partial charge in [-0.3, -0.25) is 0 Å². The molecule has 134 valence electrons. The van der Waals surface area contributed by atoms with Crippen LogP contribution >= 0.6 is 0 Å². The molecule has 0 fully saturated rings. The summed E-state index contributed by atoms with van der Waals surface area (Å²) < 4.78 is 2.01. The van der Waals surface area contributed by atoms with Gasteiger partial charge in [-0.1, -0.05) is 54.6 Å². The highest BCUT2D eigenvalue weighted by molar-refractivity contribution is 5.70. The van der Waals surface area contributed by atoms with E-state index < -0.39 is 5.54 Å². The zero-order valence-electron chi connectivity index (χ0n) is 14.8. The van der Waals surface area contributed by atoms with Crippen molar-refractivity contribution in [3.05, 3.63) is 108 Å². The molecule has 4 aromatic rings. The van der Waals surface area contributed by atoms with Crippen molar-refractivity contribution in [1.29, 1.82) is 0 Å². The van der Waals surface area contributed by atoms with Gasteiger partial charge < -0.3 is 21.8 Å². The van der Waals surface area contributed by atoms with Gasteiger partial charge in [0.05, 0.1) is 6.33 Å². The zero-order chi connectivity index (χ0) is 18.9. The summed E-state index contributed by atoms with van der Waals surface area (Å²) in [7, 11) is 0. The average Bonchev–Trinajstić information content (AvgIpc) is 3.21. The van der Waals surface area contributed by atoms with Crippen LogP contribution in [0.25, 0.3) is 0 Å². The number of nitrogens with zero attached hydrogens (tertiary/aromatic N) is 2. The molecule has 0 saturated carbocycles. The number of para-hydroxylation sites is 3. The highest BCUT2D eigenvalue weighted by atomic mass is 15.1. The standard InChI is InChI=1S/C22H21N5/c23-19-10-4-1-7-16(19)22(27-14-13-26-15-27,17-8-2-5-11-20(17)24)18-9-3-6-12-21(18)25/h1-15H,23-25H2. The van der Waals surface area contributed by atoms with E-state index in [9.17, 15) is 0 Å². The number of anilines is 3. The van der Waals surface area contributed by atoms with Gasteiger partial charge in [-0.15, -0.1) is 0 Å². The monoisotopic (exact) mass is 355 g/mol. The van der Waals surface area contributed by atoms with Crippen molar-refractivity contribution >= 4 is 17.1 Å². The van der Waals surface area contributed by atoms with Crippen LogP contribution in [0.4, 0.5) is 17.1 Å². The van der Waals surface area contributed by atoms with E-state index in [4.69, 9.17) is 17.2 Å². The second kappa shape index (κ2) is 6.53. The molecule has 0 amide bonds. The Bertz CT molecular complexity index is 959. The number of hydrogen-bond acceptors (Lipinski definition) is 4. The Morgan fingerprint density at radius 3 is 1.37 bits per heavy atom. The summed E-state index contributed by atoms with van der Waals surface area (Å²) in [5.74, 6) is 0. The number of nitrogens with two attached hydrogens (primary N) is 3. The minimum absolute atomic E-state index is 0.651. The lowest BCUT2D eigenvalue weighted by atomic mass is 9.74. The summed E-state index contributed by atoms with van der Waals surface area (Å²) >= 11 is 0. The maximum absolute atomic E-state index is 6.47. The first-order valence-corrected chi connectivity index (χ1v) is 8.69. The number of aromatic nitrogens is 2. The molecule has 0 aliphatic heterocycles. The summed E-state index contributed by atoms with van der Waals surface area (Å²) in [6.07, 6.45) is 5.42. The Morgan fingerprint density at radius 2 is 1.04 bits per heavy atom. The minimum Gasteiger partial charge on any atom is -0.398 e. The topological polar surface area (TPSA) is 95.9 Å². The molecule has 5 nitrogen and oxygen atoms in total. The largest absolute Gasteiger partial charge is 0.398 e. The quantitative estimate of drug-likeness (QED) is 0.386. The molecule has 0 unspecified atom stereocenters. The molecule has 0 aliphatic carbocycles. The molecule has 27 heavy (non-hydrogen) atoms. The number of imidazole rings is 1. The van der Waals surface area contributed by atoms with E-state index in [1.165, 1.54) is 0 Å². The Hall–Kier alpha value is -3.73. The molecule has 0 atom stereocenters. The van der Waals surface area contributed by atoms with E-state index in [-0.39, 0.29) is 0 Å². The Balaban J connectivity index is 2.23. The van der Waals surface area contributed by atoms with Crippen LogP contribution in [-0.2, 0) is 5.54 Å². The first-order valence-electron chi connectivity index (χ1n) is 8.69. The van der Waals surface area contributed by atoms with Crippen LogP contribution in [0.15, 0.2) is 91.5 Å². The molecule has 1 aromatic heterocycles. The average molecular weight is 355 g/mol. The predicted molar refractivity (Wildman–Crippen MR) is 110 cm³/mol. The lowest BCUT2D eigenvalue weighted by Gasteiger charge is -2.39. The van der Waals surface area contributed by atoms with Crippen molar-refractivity contribution in [3.8, 4) is 0 Å². The molecule has 1 heterocycles. The third kappa shape index (κ3) is 2.52. The molecule has 0 radical (unpaired) electrons. The van der Waals surface area contributed by atoms with Crippen molar-refractivity contribution < 1.29 is 0 Å². The summed E-state index contributed by atoms with van der Waals surface area (Å²) in [5.41, 5.74) is 23.2. The van der Waals surface area contributed by atoms with E-state index in [2.05, 4.69) is 4.98 Å². The van der Waals surface area contributed by atoms with Crippen molar-refractivity contribution in [1.82, 2.24) is 9.55 Å². The zero-order valence-corrected chi connectivity index (χ0v) is 14.8. The van der Waals surface area contributed by atoms with Crippen LogP contribution in [-0.4, -0.2) is 9.55 Å². The van der Waals surface area contributed by atoms with Gasteiger partial charge in [0, 0.05) is 46.1 Å². The van der Waals surface area contributed by atoms with Gasteiger partial charge in [0.15, 0.2) is 0 Å². The highest BCUT2D eigenvalue weighted by Gasteiger charge is 2.42. The fraction of sp³-hybridized carbons (Fsp3) is 0.0455. The van der Waals surface area contributed by atoms with Crippen LogP contribution < -0.4 is 17.2 Å². The number of benzene rings is 3. The Morgan fingerprint density at radius 1 is 0.630 bits per heavy atom. The molecular weight excluding hydrogens is 334 g/mol. The summed E-state index contributed by atoms with van der Waals surface area (Å²) in [4.78, 5) is 4.29. The third-order valence-electron chi connectivity index (χ3n) is 4.94.